The SMILES string of the molecule is OC(CNCc1cscn1)c1ccco1. The van der Waals surface area contributed by atoms with Gasteiger partial charge in [0.1, 0.15) is 11.9 Å². The Morgan fingerprint density at radius 3 is 3.20 bits per heavy atom. The Morgan fingerprint density at radius 1 is 1.60 bits per heavy atom. The first kappa shape index (κ1) is 10.4. The molecule has 0 aromatic carbocycles. The number of thiazole rings is 1. The fourth-order valence-electron chi connectivity index (χ4n) is 1.24. The minimum absolute atomic E-state index is 0.463. The summed E-state index contributed by atoms with van der Waals surface area (Å²) in [6, 6.07) is 3.52. The van der Waals surface area contributed by atoms with E-state index in [0.717, 1.165) is 5.69 Å². The molecule has 0 amide bonds. The highest BCUT2D eigenvalue weighted by molar-refractivity contribution is 7.07. The molecule has 80 valence electrons. The van der Waals surface area contributed by atoms with Crippen LogP contribution in [-0.4, -0.2) is 16.6 Å². The van der Waals surface area contributed by atoms with E-state index >= 15 is 0 Å². The average Bonchev–Trinajstić information content (AvgIpc) is 2.90. The first-order chi connectivity index (χ1) is 7.36. The highest BCUT2D eigenvalue weighted by atomic mass is 32.1. The quantitative estimate of drug-likeness (QED) is 0.809. The number of hydrogen-bond donors (Lipinski definition) is 2. The molecular weight excluding hydrogens is 212 g/mol. The van der Waals surface area contributed by atoms with Gasteiger partial charge in [0.25, 0.3) is 0 Å². The number of aliphatic hydroxyl groups is 1. The number of hydrogen-bond acceptors (Lipinski definition) is 5. The molecule has 0 aliphatic carbocycles. The van der Waals surface area contributed by atoms with Gasteiger partial charge in [0.05, 0.1) is 17.5 Å². The van der Waals surface area contributed by atoms with E-state index in [1.54, 1.807) is 35.2 Å². The number of nitrogens with zero attached hydrogens (tertiary/aromatic N) is 1. The van der Waals surface area contributed by atoms with Crippen molar-refractivity contribution in [2.75, 3.05) is 6.54 Å². The molecule has 0 aliphatic rings. The van der Waals surface area contributed by atoms with Crippen molar-refractivity contribution in [3.05, 3.63) is 40.7 Å². The first-order valence-electron chi connectivity index (χ1n) is 4.65. The van der Waals surface area contributed by atoms with Gasteiger partial charge in [0.15, 0.2) is 0 Å². The van der Waals surface area contributed by atoms with E-state index < -0.39 is 6.10 Å². The molecule has 1 atom stereocenters. The van der Waals surface area contributed by atoms with Crippen molar-refractivity contribution >= 4 is 11.3 Å². The molecule has 0 radical (unpaired) electrons. The fourth-order valence-corrected chi connectivity index (χ4v) is 1.80. The summed E-state index contributed by atoms with van der Waals surface area (Å²) in [7, 11) is 0. The molecule has 4 nitrogen and oxygen atoms in total. The Morgan fingerprint density at radius 2 is 2.53 bits per heavy atom. The minimum atomic E-state index is -0.598. The highest BCUT2D eigenvalue weighted by Crippen LogP contribution is 2.11. The maximum Gasteiger partial charge on any atom is 0.133 e. The van der Waals surface area contributed by atoms with Crippen LogP contribution in [0.3, 0.4) is 0 Å². The smallest absolute Gasteiger partial charge is 0.133 e. The van der Waals surface area contributed by atoms with E-state index in [2.05, 4.69) is 10.3 Å². The van der Waals surface area contributed by atoms with Gasteiger partial charge in [-0.1, -0.05) is 0 Å². The van der Waals surface area contributed by atoms with Crippen molar-refractivity contribution in [1.29, 1.82) is 0 Å². The van der Waals surface area contributed by atoms with Crippen LogP contribution in [0.1, 0.15) is 17.6 Å². The zero-order chi connectivity index (χ0) is 10.5. The molecule has 2 aromatic rings. The van der Waals surface area contributed by atoms with Crippen LogP contribution >= 0.6 is 11.3 Å². The van der Waals surface area contributed by atoms with Gasteiger partial charge in [0, 0.05) is 18.5 Å². The molecule has 15 heavy (non-hydrogen) atoms. The molecule has 5 heteroatoms. The lowest BCUT2D eigenvalue weighted by atomic mass is 10.3. The summed E-state index contributed by atoms with van der Waals surface area (Å²) >= 11 is 1.56. The van der Waals surface area contributed by atoms with Crippen molar-refractivity contribution in [2.24, 2.45) is 0 Å². The Kier molecular flexibility index (Phi) is 3.49. The number of aromatic nitrogens is 1. The van der Waals surface area contributed by atoms with Gasteiger partial charge in [-0.05, 0) is 12.1 Å². The zero-order valence-electron chi connectivity index (χ0n) is 8.09. The summed E-state index contributed by atoms with van der Waals surface area (Å²) in [5.74, 6) is 0.584. The third kappa shape index (κ3) is 2.89. The monoisotopic (exact) mass is 224 g/mol. The van der Waals surface area contributed by atoms with Crippen LogP contribution in [0, 0.1) is 0 Å². The number of nitrogens with one attached hydrogen (secondary N) is 1. The molecule has 1 unspecified atom stereocenters. The predicted octanol–water partition coefficient (Wildman–Crippen LogP) is 1.56. The van der Waals surface area contributed by atoms with Crippen molar-refractivity contribution in [1.82, 2.24) is 10.3 Å². The molecule has 0 bridgehead atoms. The van der Waals surface area contributed by atoms with Gasteiger partial charge < -0.3 is 14.8 Å². The summed E-state index contributed by atoms with van der Waals surface area (Å²) < 4.78 is 5.08. The Bertz CT molecular complexity index is 372. The van der Waals surface area contributed by atoms with Crippen LogP contribution in [0.2, 0.25) is 0 Å². The van der Waals surface area contributed by atoms with Gasteiger partial charge in [-0.15, -0.1) is 11.3 Å². The molecule has 0 aliphatic heterocycles. The molecule has 2 heterocycles. The van der Waals surface area contributed by atoms with E-state index in [0.29, 0.717) is 18.8 Å². The fraction of sp³-hybridized carbons (Fsp3) is 0.300. The number of aliphatic hydroxyl groups excluding tert-OH is 1. The van der Waals surface area contributed by atoms with E-state index in [9.17, 15) is 5.11 Å². The minimum Gasteiger partial charge on any atom is -0.467 e. The van der Waals surface area contributed by atoms with Crippen LogP contribution in [0.25, 0.3) is 0 Å². The zero-order valence-corrected chi connectivity index (χ0v) is 8.91. The molecule has 2 aromatic heterocycles. The van der Waals surface area contributed by atoms with Gasteiger partial charge >= 0.3 is 0 Å². The first-order valence-corrected chi connectivity index (χ1v) is 5.60. The largest absolute Gasteiger partial charge is 0.467 e. The summed E-state index contributed by atoms with van der Waals surface area (Å²) in [6.07, 6.45) is 0.956. The van der Waals surface area contributed by atoms with Crippen molar-refractivity contribution in [3.63, 3.8) is 0 Å². The summed E-state index contributed by atoms with van der Waals surface area (Å²) in [5.41, 5.74) is 2.78. The van der Waals surface area contributed by atoms with Gasteiger partial charge in [-0.2, -0.15) is 0 Å². The molecule has 2 N–H and O–H groups in total. The van der Waals surface area contributed by atoms with Crippen molar-refractivity contribution in [3.8, 4) is 0 Å². The van der Waals surface area contributed by atoms with E-state index in [1.807, 2.05) is 5.38 Å². The van der Waals surface area contributed by atoms with E-state index in [-0.39, 0.29) is 0 Å². The molecule has 0 fully saturated rings. The van der Waals surface area contributed by atoms with E-state index in [4.69, 9.17) is 4.42 Å². The van der Waals surface area contributed by atoms with Crippen LogP contribution in [-0.2, 0) is 6.54 Å². The second-order valence-electron chi connectivity index (χ2n) is 3.14. The maximum absolute atomic E-state index is 9.66. The summed E-state index contributed by atoms with van der Waals surface area (Å²) in [6.45, 7) is 1.13. The second-order valence-corrected chi connectivity index (χ2v) is 3.86. The molecular formula is C10H12N2O2S. The maximum atomic E-state index is 9.66. The Hall–Kier alpha value is -1.17. The molecule has 0 saturated carbocycles. The van der Waals surface area contributed by atoms with Crippen LogP contribution < -0.4 is 5.32 Å². The number of furan rings is 1. The predicted molar refractivity (Wildman–Crippen MR) is 57.5 cm³/mol. The van der Waals surface area contributed by atoms with Crippen molar-refractivity contribution < 1.29 is 9.52 Å². The molecule has 2 rings (SSSR count). The van der Waals surface area contributed by atoms with Gasteiger partial charge in [0.2, 0.25) is 0 Å². The number of rotatable bonds is 5. The lowest BCUT2D eigenvalue weighted by Crippen LogP contribution is -2.20. The molecule has 0 saturated heterocycles. The van der Waals surface area contributed by atoms with Crippen molar-refractivity contribution in [2.45, 2.75) is 12.6 Å². The Balaban J connectivity index is 1.74. The highest BCUT2D eigenvalue weighted by Gasteiger charge is 2.09. The van der Waals surface area contributed by atoms with E-state index in [1.165, 1.54) is 0 Å². The second kappa shape index (κ2) is 5.06. The normalized spacial score (nSPS) is 12.9. The van der Waals surface area contributed by atoms with Gasteiger partial charge in [-0.3, -0.25) is 0 Å². The topological polar surface area (TPSA) is 58.3 Å². The average molecular weight is 224 g/mol. The van der Waals surface area contributed by atoms with Crippen LogP contribution in [0.15, 0.2) is 33.7 Å². The standard InChI is InChI=1S/C10H12N2O2S/c13-9(10-2-1-3-14-10)5-11-4-8-6-15-7-12-8/h1-3,6-7,9,11,13H,4-5H2. The summed E-state index contributed by atoms with van der Waals surface area (Å²) in [5, 5.41) is 14.8. The lowest BCUT2D eigenvalue weighted by Gasteiger charge is -2.07. The third-order valence-corrected chi connectivity index (χ3v) is 2.63. The Labute approximate surface area is 91.6 Å². The van der Waals surface area contributed by atoms with Gasteiger partial charge in [-0.25, -0.2) is 4.98 Å². The lowest BCUT2D eigenvalue weighted by molar-refractivity contribution is 0.147. The third-order valence-electron chi connectivity index (χ3n) is 2.00. The van der Waals surface area contributed by atoms with Crippen LogP contribution in [0.5, 0.6) is 0 Å². The van der Waals surface area contributed by atoms with Crippen LogP contribution in [0.4, 0.5) is 0 Å². The summed E-state index contributed by atoms with van der Waals surface area (Å²) in [4.78, 5) is 4.13. The molecule has 0 spiro atoms.